The summed E-state index contributed by atoms with van der Waals surface area (Å²) in [6, 6.07) is 10.8. The van der Waals surface area contributed by atoms with Crippen molar-refractivity contribution in [3.8, 4) is 0 Å². The zero-order valence-electron chi connectivity index (χ0n) is 12.1. The Balaban J connectivity index is 2.44. The topological polar surface area (TPSA) is 12.0 Å². The fourth-order valence-corrected chi connectivity index (χ4v) is 2.87. The molecule has 0 aliphatic heterocycles. The minimum absolute atomic E-state index is 0.0270. The maximum absolute atomic E-state index is 13.3. The van der Waals surface area contributed by atoms with Crippen molar-refractivity contribution in [3.63, 3.8) is 0 Å². The van der Waals surface area contributed by atoms with Gasteiger partial charge in [0.15, 0.2) is 0 Å². The van der Waals surface area contributed by atoms with Crippen LogP contribution in [0.25, 0.3) is 0 Å². The van der Waals surface area contributed by atoms with Gasteiger partial charge in [-0.3, -0.25) is 0 Å². The SMILES string of the molecule is CCCNC(c1ccc(Cl)c(Br)c1)c1ccc(F)cc1C. The van der Waals surface area contributed by atoms with Crippen molar-refractivity contribution in [2.45, 2.75) is 26.3 Å². The molecule has 0 aromatic heterocycles. The highest BCUT2D eigenvalue weighted by Gasteiger charge is 2.16. The molecule has 1 atom stereocenters. The average molecular weight is 371 g/mol. The van der Waals surface area contributed by atoms with Gasteiger partial charge in [-0.1, -0.05) is 30.7 Å². The summed E-state index contributed by atoms with van der Waals surface area (Å²) in [5.41, 5.74) is 3.13. The Morgan fingerprint density at radius 1 is 1.24 bits per heavy atom. The largest absolute Gasteiger partial charge is 0.306 e. The zero-order chi connectivity index (χ0) is 15.4. The third kappa shape index (κ3) is 4.06. The molecule has 112 valence electrons. The van der Waals surface area contributed by atoms with Crippen molar-refractivity contribution in [2.75, 3.05) is 6.54 Å². The van der Waals surface area contributed by atoms with Crippen molar-refractivity contribution in [1.82, 2.24) is 5.32 Å². The Morgan fingerprint density at radius 2 is 2.00 bits per heavy atom. The summed E-state index contributed by atoms with van der Waals surface area (Å²) < 4.78 is 14.2. The number of halogens is 3. The van der Waals surface area contributed by atoms with Gasteiger partial charge in [0.25, 0.3) is 0 Å². The Hall–Kier alpha value is -0.900. The maximum atomic E-state index is 13.3. The molecule has 0 aliphatic carbocycles. The van der Waals surface area contributed by atoms with Crippen molar-refractivity contribution < 1.29 is 4.39 Å². The van der Waals surface area contributed by atoms with Gasteiger partial charge >= 0.3 is 0 Å². The number of hydrogen-bond acceptors (Lipinski definition) is 1. The first kappa shape index (κ1) is 16.5. The zero-order valence-corrected chi connectivity index (χ0v) is 14.4. The molecule has 0 amide bonds. The molecule has 0 heterocycles. The summed E-state index contributed by atoms with van der Waals surface area (Å²) in [5, 5.41) is 4.21. The van der Waals surface area contributed by atoms with E-state index in [9.17, 15) is 4.39 Å². The van der Waals surface area contributed by atoms with E-state index in [2.05, 4.69) is 28.2 Å². The number of hydrogen-bond donors (Lipinski definition) is 1. The van der Waals surface area contributed by atoms with Crippen LogP contribution in [0.4, 0.5) is 4.39 Å². The van der Waals surface area contributed by atoms with E-state index in [4.69, 9.17) is 11.6 Å². The highest BCUT2D eigenvalue weighted by Crippen LogP contribution is 2.30. The predicted molar refractivity (Wildman–Crippen MR) is 90.4 cm³/mol. The molecule has 2 aromatic rings. The highest BCUT2D eigenvalue weighted by molar-refractivity contribution is 9.10. The van der Waals surface area contributed by atoms with Gasteiger partial charge in [0.1, 0.15) is 5.82 Å². The molecule has 1 nitrogen and oxygen atoms in total. The molecule has 0 spiro atoms. The van der Waals surface area contributed by atoms with Crippen LogP contribution >= 0.6 is 27.5 Å². The minimum Gasteiger partial charge on any atom is -0.306 e. The fourth-order valence-electron chi connectivity index (χ4n) is 2.35. The van der Waals surface area contributed by atoms with Gasteiger partial charge < -0.3 is 5.32 Å². The van der Waals surface area contributed by atoms with Gasteiger partial charge in [-0.15, -0.1) is 0 Å². The normalized spacial score (nSPS) is 12.4. The van der Waals surface area contributed by atoms with Gasteiger partial charge in [-0.2, -0.15) is 0 Å². The molecule has 21 heavy (non-hydrogen) atoms. The third-order valence-electron chi connectivity index (χ3n) is 3.42. The molecular formula is C17H18BrClFN. The van der Waals surface area contributed by atoms with Crippen LogP contribution in [-0.4, -0.2) is 6.54 Å². The molecule has 0 aliphatic rings. The molecular weight excluding hydrogens is 353 g/mol. The van der Waals surface area contributed by atoms with Crippen LogP contribution in [0.15, 0.2) is 40.9 Å². The van der Waals surface area contributed by atoms with Crippen molar-refractivity contribution in [3.05, 3.63) is 68.4 Å². The third-order valence-corrected chi connectivity index (χ3v) is 4.63. The Labute approximate surface area is 138 Å². The lowest BCUT2D eigenvalue weighted by Gasteiger charge is -2.22. The van der Waals surface area contributed by atoms with E-state index in [1.54, 1.807) is 6.07 Å². The molecule has 0 bridgehead atoms. The van der Waals surface area contributed by atoms with Crippen LogP contribution in [0.3, 0.4) is 0 Å². The van der Waals surface area contributed by atoms with Gasteiger partial charge in [-0.05, 0) is 76.8 Å². The standard InChI is InChI=1S/C17H18BrClFN/c1-3-8-21-17(12-4-7-16(19)15(18)10-12)14-6-5-13(20)9-11(14)2/h4-7,9-10,17,21H,3,8H2,1-2H3. The average Bonchev–Trinajstić information content (AvgIpc) is 2.44. The van der Waals surface area contributed by atoms with Crippen LogP contribution in [0.2, 0.25) is 5.02 Å². The monoisotopic (exact) mass is 369 g/mol. The summed E-state index contributed by atoms with van der Waals surface area (Å²) in [6.45, 7) is 4.95. The molecule has 4 heteroatoms. The number of aryl methyl sites for hydroxylation is 1. The summed E-state index contributed by atoms with van der Waals surface area (Å²) in [4.78, 5) is 0. The lowest BCUT2D eigenvalue weighted by Crippen LogP contribution is -2.24. The first-order chi connectivity index (χ1) is 10.0. The van der Waals surface area contributed by atoms with Crippen molar-refractivity contribution >= 4 is 27.5 Å². The highest BCUT2D eigenvalue weighted by atomic mass is 79.9. The second-order valence-electron chi connectivity index (χ2n) is 5.06. The van der Waals surface area contributed by atoms with E-state index < -0.39 is 0 Å². The summed E-state index contributed by atoms with van der Waals surface area (Å²) in [6.07, 6.45) is 1.03. The Morgan fingerprint density at radius 3 is 2.62 bits per heavy atom. The second-order valence-corrected chi connectivity index (χ2v) is 6.32. The van der Waals surface area contributed by atoms with Gasteiger partial charge in [-0.25, -0.2) is 4.39 Å². The van der Waals surface area contributed by atoms with E-state index in [0.29, 0.717) is 5.02 Å². The van der Waals surface area contributed by atoms with Crippen LogP contribution in [0.1, 0.15) is 36.1 Å². The first-order valence-electron chi connectivity index (χ1n) is 6.97. The van der Waals surface area contributed by atoms with Crippen LogP contribution in [0, 0.1) is 12.7 Å². The molecule has 0 radical (unpaired) electrons. The predicted octanol–water partition coefficient (Wildman–Crippen LogP) is 5.64. The van der Waals surface area contributed by atoms with E-state index in [-0.39, 0.29) is 11.9 Å². The van der Waals surface area contributed by atoms with Gasteiger partial charge in [0.2, 0.25) is 0 Å². The van der Waals surface area contributed by atoms with Crippen molar-refractivity contribution in [1.29, 1.82) is 0 Å². The first-order valence-corrected chi connectivity index (χ1v) is 8.14. The second kappa shape index (κ2) is 7.39. The smallest absolute Gasteiger partial charge is 0.123 e. The molecule has 1 N–H and O–H groups in total. The molecule has 2 rings (SSSR count). The number of benzene rings is 2. The van der Waals surface area contributed by atoms with E-state index >= 15 is 0 Å². The number of nitrogens with one attached hydrogen (secondary N) is 1. The van der Waals surface area contributed by atoms with Crippen LogP contribution < -0.4 is 5.32 Å². The van der Waals surface area contributed by atoms with E-state index in [0.717, 1.165) is 34.1 Å². The molecule has 0 saturated heterocycles. The van der Waals surface area contributed by atoms with E-state index in [1.165, 1.54) is 6.07 Å². The lowest BCUT2D eigenvalue weighted by atomic mass is 9.95. The van der Waals surface area contributed by atoms with Gasteiger partial charge in [0, 0.05) is 4.47 Å². The minimum atomic E-state index is -0.206. The van der Waals surface area contributed by atoms with Crippen LogP contribution in [0.5, 0.6) is 0 Å². The Bertz CT molecular complexity index is 630. The maximum Gasteiger partial charge on any atom is 0.123 e. The quantitative estimate of drug-likeness (QED) is 0.718. The Kier molecular flexibility index (Phi) is 5.80. The molecule has 0 saturated carbocycles. The number of rotatable bonds is 5. The van der Waals surface area contributed by atoms with E-state index in [1.807, 2.05) is 31.2 Å². The summed E-state index contributed by atoms with van der Waals surface area (Å²) >= 11 is 9.54. The van der Waals surface area contributed by atoms with Gasteiger partial charge in [0.05, 0.1) is 11.1 Å². The lowest BCUT2D eigenvalue weighted by molar-refractivity contribution is 0.589. The fraction of sp³-hybridized carbons (Fsp3) is 0.294. The summed E-state index contributed by atoms with van der Waals surface area (Å²) in [7, 11) is 0. The molecule has 1 unspecified atom stereocenters. The molecule has 2 aromatic carbocycles. The summed E-state index contributed by atoms with van der Waals surface area (Å²) in [5.74, 6) is -0.206. The van der Waals surface area contributed by atoms with Crippen molar-refractivity contribution in [2.24, 2.45) is 0 Å². The molecule has 0 fully saturated rings. The van der Waals surface area contributed by atoms with Crippen LogP contribution in [-0.2, 0) is 0 Å².